The van der Waals surface area contributed by atoms with E-state index in [-0.39, 0.29) is 28.8 Å². The van der Waals surface area contributed by atoms with Crippen molar-refractivity contribution in [3.63, 3.8) is 0 Å². The van der Waals surface area contributed by atoms with Crippen LogP contribution in [0.5, 0.6) is 0 Å². The largest absolute Gasteiger partial charge is 0.480 e. The van der Waals surface area contributed by atoms with Gasteiger partial charge in [0.2, 0.25) is 10.0 Å². The molecule has 1 unspecified atom stereocenters. The summed E-state index contributed by atoms with van der Waals surface area (Å²) in [6.45, 7) is 1.77. The van der Waals surface area contributed by atoms with Gasteiger partial charge in [0.25, 0.3) is 5.91 Å². The summed E-state index contributed by atoms with van der Waals surface area (Å²) in [6, 6.07) is 4.56. The Kier molecular flexibility index (Phi) is 5.38. The number of hydrogen-bond donors (Lipinski definition) is 3. The molecule has 0 aliphatic heterocycles. The summed E-state index contributed by atoms with van der Waals surface area (Å²) in [5.41, 5.74) is 0.238. The second kappa shape index (κ2) is 7.10. The average Bonchev–Trinajstić information content (AvgIpc) is 3.30. The molecular formula is C15H20N2O5S. The molecular weight excluding hydrogens is 320 g/mol. The van der Waals surface area contributed by atoms with Crippen LogP contribution >= 0.6 is 0 Å². The van der Waals surface area contributed by atoms with Gasteiger partial charge in [-0.3, -0.25) is 9.59 Å². The number of carbonyl (C=O) groups excluding carboxylic acids is 1. The van der Waals surface area contributed by atoms with Crippen LogP contribution in [0, 0.1) is 0 Å². The maximum Gasteiger partial charge on any atom is 0.321 e. The van der Waals surface area contributed by atoms with Gasteiger partial charge >= 0.3 is 5.97 Å². The van der Waals surface area contributed by atoms with E-state index in [4.69, 9.17) is 5.11 Å². The van der Waals surface area contributed by atoms with E-state index in [1.807, 2.05) is 0 Å². The molecule has 1 atom stereocenters. The van der Waals surface area contributed by atoms with Crippen molar-refractivity contribution in [3.8, 4) is 0 Å². The Morgan fingerprint density at radius 3 is 2.61 bits per heavy atom. The summed E-state index contributed by atoms with van der Waals surface area (Å²) >= 11 is 0. The first-order valence-electron chi connectivity index (χ1n) is 7.49. The number of nitrogens with one attached hydrogen (secondary N) is 2. The third-order valence-electron chi connectivity index (χ3n) is 3.49. The second-order valence-corrected chi connectivity index (χ2v) is 7.29. The fourth-order valence-corrected chi connectivity index (χ4v) is 3.35. The van der Waals surface area contributed by atoms with Crippen LogP contribution in [0.1, 0.15) is 43.0 Å². The maximum atomic E-state index is 12.3. The lowest BCUT2D eigenvalue weighted by Crippen LogP contribution is -2.40. The van der Waals surface area contributed by atoms with Crippen molar-refractivity contribution in [3.05, 3.63) is 29.8 Å². The maximum absolute atomic E-state index is 12.3. The van der Waals surface area contributed by atoms with Gasteiger partial charge < -0.3 is 10.4 Å². The van der Waals surface area contributed by atoms with Crippen LogP contribution in [0.3, 0.4) is 0 Å². The lowest BCUT2D eigenvalue weighted by molar-refractivity contribution is -0.139. The minimum atomic E-state index is -4.01. The van der Waals surface area contributed by atoms with Crippen molar-refractivity contribution < 1.29 is 23.1 Å². The first-order valence-corrected chi connectivity index (χ1v) is 8.98. The molecule has 23 heavy (non-hydrogen) atoms. The molecule has 1 aliphatic carbocycles. The molecule has 0 heterocycles. The van der Waals surface area contributed by atoms with Crippen molar-refractivity contribution >= 4 is 21.9 Å². The zero-order valence-corrected chi connectivity index (χ0v) is 13.6. The van der Waals surface area contributed by atoms with E-state index in [0.29, 0.717) is 6.42 Å². The number of aliphatic carboxylic acids is 1. The summed E-state index contributed by atoms with van der Waals surface area (Å²) < 4.78 is 26.8. The molecule has 1 fully saturated rings. The minimum absolute atomic E-state index is 0.122. The molecule has 126 valence electrons. The summed E-state index contributed by atoms with van der Waals surface area (Å²) in [6.07, 6.45) is 2.59. The molecule has 0 bridgehead atoms. The van der Waals surface area contributed by atoms with E-state index in [2.05, 4.69) is 10.0 Å². The molecule has 8 heteroatoms. The molecule has 1 saturated carbocycles. The van der Waals surface area contributed by atoms with Crippen LogP contribution in [0.15, 0.2) is 29.2 Å². The third kappa shape index (κ3) is 4.77. The second-order valence-electron chi connectivity index (χ2n) is 5.58. The molecule has 0 saturated heterocycles. The topological polar surface area (TPSA) is 113 Å². The van der Waals surface area contributed by atoms with Crippen LogP contribution < -0.4 is 10.0 Å². The minimum Gasteiger partial charge on any atom is -0.480 e. The van der Waals surface area contributed by atoms with Gasteiger partial charge in [-0.1, -0.05) is 19.4 Å². The summed E-state index contributed by atoms with van der Waals surface area (Å²) in [5.74, 6) is -1.55. The van der Waals surface area contributed by atoms with E-state index in [9.17, 15) is 18.0 Å². The Morgan fingerprint density at radius 1 is 1.35 bits per heavy atom. The van der Waals surface area contributed by atoms with Gasteiger partial charge in [-0.15, -0.1) is 0 Å². The SMILES string of the molecule is CCCC(NS(=O)(=O)c1cccc(C(=O)NC2CC2)c1)C(=O)O. The van der Waals surface area contributed by atoms with Crippen LogP contribution in [-0.4, -0.2) is 37.5 Å². The van der Waals surface area contributed by atoms with Crippen LogP contribution in [0.25, 0.3) is 0 Å². The highest BCUT2D eigenvalue weighted by Crippen LogP contribution is 2.20. The van der Waals surface area contributed by atoms with Gasteiger partial charge in [0.15, 0.2) is 0 Å². The smallest absolute Gasteiger partial charge is 0.321 e. The normalized spacial score (nSPS) is 15.9. The Morgan fingerprint density at radius 2 is 2.04 bits per heavy atom. The first kappa shape index (κ1) is 17.4. The average molecular weight is 340 g/mol. The van der Waals surface area contributed by atoms with E-state index < -0.39 is 22.0 Å². The van der Waals surface area contributed by atoms with Gasteiger partial charge in [-0.25, -0.2) is 8.42 Å². The fraction of sp³-hybridized carbons (Fsp3) is 0.467. The number of carbonyl (C=O) groups is 2. The summed E-state index contributed by atoms with van der Waals surface area (Å²) in [7, 11) is -4.01. The van der Waals surface area contributed by atoms with E-state index >= 15 is 0 Å². The molecule has 0 radical (unpaired) electrons. The lowest BCUT2D eigenvalue weighted by atomic mass is 10.2. The highest BCUT2D eigenvalue weighted by atomic mass is 32.2. The van der Waals surface area contributed by atoms with Crippen LogP contribution in [0.4, 0.5) is 0 Å². The van der Waals surface area contributed by atoms with Crippen LogP contribution in [0.2, 0.25) is 0 Å². The number of amides is 1. The number of rotatable bonds is 8. The summed E-state index contributed by atoms with van der Waals surface area (Å²) in [5, 5.41) is 11.9. The molecule has 3 N–H and O–H groups in total. The third-order valence-corrected chi connectivity index (χ3v) is 4.96. The monoisotopic (exact) mass is 340 g/mol. The molecule has 0 aromatic heterocycles. The van der Waals surface area contributed by atoms with Gasteiger partial charge in [-0.2, -0.15) is 4.72 Å². The highest BCUT2D eigenvalue weighted by Gasteiger charge is 2.26. The van der Waals surface area contributed by atoms with Crippen molar-refractivity contribution in [1.82, 2.24) is 10.0 Å². The zero-order valence-electron chi connectivity index (χ0n) is 12.8. The highest BCUT2D eigenvalue weighted by molar-refractivity contribution is 7.89. The first-order chi connectivity index (χ1) is 10.8. The molecule has 1 amide bonds. The van der Waals surface area contributed by atoms with Gasteiger partial charge in [0, 0.05) is 11.6 Å². The molecule has 0 spiro atoms. The molecule has 2 rings (SSSR count). The van der Waals surface area contributed by atoms with Crippen LogP contribution in [-0.2, 0) is 14.8 Å². The Hall–Kier alpha value is -1.93. The number of carboxylic acid groups (broad SMARTS) is 1. The predicted molar refractivity (Wildman–Crippen MR) is 83.6 cm³/mol. The number of benzene rings is 1. The molecule has 7 nitrogen and oxygen atoms in total. The fourth-order valence-electron chi connectivity index (χ4n) is 2.08. The van der Waals surface area contributed by atoms with Crippen molar-refractivity contribution in [2.45, 2.75) is 49.6 Å². The van der Waals surface area contributed by atoms with Gasteiger partial charge in [0.1, 0.15) is 6.04 Å². The number of carboxylic acids is 1. The quantitative estimate of drug-likeness (QED) is 0.656. The van der Waals surface area contributed by atoms with E-state index in [1.165, 1.54) is 24.3 Å². The zero-order chi connectivity index (χ0) is 17.0. The lowest BCUT2D eigenvalue weighted by Gasteiger charge is -2.14. The van der Waals surface area contributed by atoms with Gasteiger partial charge in [0.05, 0.1) is 4.90 Å². The molecule has 1 aliphatic rings. The molecule has 1 aromatic rings. The van der Waals surface area contributed by atoms with E-state index in [0.717, 1.165) is 12.8 Å². The van der Waals surface area contributed by atoms with E-state index in [1.54, 1.807) is 6.92 Å². The van der Waals surface area contributed by atoms with Gasteiger partial charge in [-0.05, 0) is 37.5 Å². The predicted octanol–water partition coefficient (Wildman–Crippen LogP) is 1.11. The van der Waals surface area contributed by atoms with Crippen molar-refractivity contribution in [1.29, 1.82) is 0 Å². The Bertz CT molecular complexity index is 698. The van der Waals surface area contributed by atoms with Crippen molar-refractivity contribution in [2.24, 2.45) is 0 Å². The summed E-state index contributed by atoms with van der Waals surface area (Å²) in [4.78, 5) is 23.0. The Balaban J connectivity index is 2.18. The standard InChI is InChI=1S/C15H20N2O5S/c1-2-4-13(15(19)20)17-23(21,22)12-6-3-5-10(9-12)14(18)16-11-7-8-11/h3,5-6,9,11,13,17H,2,4,7-8H2,1H3,(H,16,18)(H,19,20). The van der Waals surface area contributed by atoms with Crippen molar-refractivity contribution in [2.75, 3.05) is 0 Å². The number of hydrogen-bond acceptors (Lipinski definition) is 4. The molecule has 1 aromatic carbocycles. The Labute approximate surface area is 135 Å². The number of sulfonamides is 1.